The van der Waals surface area contributed by atoms with Crippen LogP contribution in [0.5, 0.6) is 0 Å². The molecule has 3 unspecified atom stereocenters. The summed E-state index contributed by atoms with van der Waals surface area (Å²) in [5, 5.41) is 8.86. The zero-order valence-electron chi connectivity index (χ0n) is 16.1. The lowest BCUT2D eigenvalue weighted by Gasteiger charge is -2.36. The number of nitrogens with zero attached hydrogens (tertiary/aromatic N) is 2. The van der Waals surface area contributed by atoms with Gasteiger partial charge in [-0.05, 0) is 37.8 Å². The Morgan fingerprint density at radius 1 is 1.15 bits per heavy atom. The van der Waals surface area contributed by atoms with Gasteiger partial charge in [-0.3, -0.25) is 14.4 Å². The van der Waals surface area contributed by atoms with Crippen molar-refractivity contribution >= 4 is 23.5 Å². The van der Waals surface area contributed by atoms with E-state index in [-0.39, 0.29) is 42.7 Å². The highest BCUT2D eigenvalue weighted by Crippen LogP contribution is 2.38. The van der Waals surface area contributed by atoms with Gasteiger partial charge in [-0.2, -0.15) is 0 Å². The number of carboxylic acids is 1. The Morgan fingerprint density at radius 3 is 2.52 bits per heavy atom. The molecule has 6 nitrogen and oxygen atoms in total. The SMILES string of the molecule is CC1Cc2ccccc2N1C(=O)C1CCCCC1C(=O)N(C)CCC(=O)O. The molecule has 3 rings (SSSR count). The number of amides is 2. The number of benzene rings is 1. The van der Waals surface area contributed by atoms with Crippen molar-refractivity contribution in [1.82, 2.24) is 4.90 Å². The fourth-order valence-electron chi connectivity index (χ4n) is 4.46. The minimum Gasteiger partial charge on any atom is -0.481 e. The number of hydrogen-bond donors (Lipinski definition) is 1. The van der Waals surface area contributed by atoms with Crippen molar-refractivity contribution in [3.8, 4) is 0 Å². The normalized spacial score (nSPS) is 24.4. The molecule has 1 fully saturated rings. The van der Waals surface area contributed by atoms with Gasteiger partial charge >= 0.3 is 5.97 Å². The van der Waals surface area contributed by atoms with E-state index >= 15 is 0 Å². The van der Waals surface area contributed by atoms with Crippen LogP contribution >= 0.6 is 0 Å². The molecule has 6 heteroatoms. The molecule has 1 saturated carbocycles. The van der Waals surface area contributed by atoms with Crippen LogP contribution < -0.4 is 4.90 Å². The summed E-state index contributed by atoms with van der Waals surface area (Å²) >= 11 is 0. The van der Waals surface area contributed by atoms with Crippen molar-refractivity contribution < 1.29 is 19.5 Å². The second kappa shape index (κ2) is 8.11. The number of carboxylic acid groups (broad SMARTS) is 1. The lowest BCUT2D eigenvalue weighted by atomic mass is 9.77. The number of para-hydroxylation sites is 1. The predicted molar refractivity (Wildman–Crippen MR) is 102 cm³/mol. The maximum atomic E-state index is 13.4. The summed E-state index contributed by atoms with van der Waals surface area (Å²) in [6.45, 7) is 2.23. The molecule has 0 radical (unpaired) electrons. The second-order valence-corrected chi connectivity index (χ2v) is 7.79. The molecular formula is C21H28N2O4. The second-order valence-electron chi connectivity index (χ2n) is 7.79. The highest BCUT2D eigenvalue weighted by atomic mass is 16.4. The lowest BCUT2D eigenvalue weighted by molar-refractivity contribution is -0.143. The molecule has 1 aliphatic carbocycles. The van der Waals surface area contributed by atoms with Gasteiger partial charge in [-0.15, -0.1) is 0 Å². The molecule has 1 aromatic rings. The quantitative estimate of drug-likeness (QED) is 0.862. The minimum atomic E-state index is -0.923. The summed E-state index contributed by atoms with van der Waals surface area (Å²) in [6.07, 6.45) is 4.04. The van der Waals surface area contributed by atoms with Gasteiger partial charge in [0.2, 0.25) is 11.8 Å². The summed E-state index contributed by atoms with van der Waals surface area (Å²) in [5.41, 5.74) is 2.14. The summed E-state index contributed by atoms with van der Waals surface area (Å²) < 4.78 is 0. The summed E-state index contributed by atoms with van der Waals surface area (Å²) in [5.74, 6) is -1.67. The first-order chi connectivity index (χ1) is 12.9. The van der Waals surface area contributed by atoms with Crippen molar-refractivity contribution in [2.75, 3.05) is 18.5 Å². The van der Waals surface area contributed by atoms with E-state index in [4.69, 9.17) is 5.11 Å². The fourth-order valence-corrected chi connectivity index (χ4v) is 4.46. The van der Waals surface area contributed by atoms with Gasteiger partial charge in [-0.25, -0.2) is 0 Å². The summed E-state index contributed by atoms with van der Waals surface area (Å²) in [4.78, 5) is 40.5. The standard InChI is InChI=1S/C21H28N2O4/c1-14-13-15-7-3-6-10-18(15)23(14)21(27)17-9-5-4-8-16(17)20(26)22(2)12-11-19(24)25/h3,6-7,10,14,16-17H,4-5,8-9,11-13H2,1-2H3,(H,24,25). The van der Waals surface area contributed by atoms with Crippen LogP contribution in [-0.4, -0.2) is 47.4 Å². The van der Waals surface area contributed by atoms with E-state index in [0.29, 0.717) is 12.8 Å². The molecular weight excluding hydrogens is 344 g/mol. The fraction of sp³-hybridized carbons (Fsp3) is 0.571. The first-order valence-electron chi connectivity index (χ1n) is 9.78. The van der Waals surface area contributed by atoms with Crippen LogP contribution in [0.1, 0.15) is 44.6 Å². The Balaban J connectivity index is 1.78. The van der Waals surface area contributed by atoms with Crippen molar-refractivity contribution in [3.63, 3.8) is 0 Å². The smallest absolute Gasteiger partial charge is 0.305 e. The third-order valence-corrected chi connectivity index (χ3v) is 5.88. The first kappa shape index (κ1) is 19.4. The zero-order chi connectivity index (χ0) is 19.6. The van der Waals surface area contributed by atoms with E-state index in [1.165, 1.54) is 10.5 Å². The molecule has 0 aromatic heterocycles. The van der Waals surface area contributed by atoms with Gasteiger partial charge in [0.25, 0.3) is 0 Å². The molecule has 0 saturated heterocycles. The highest BCUT2D eigenvalue weighted by molar-refractivity contribution is 6.00. The van der Waals surface area contributed by atoms with Gasteiger partial charge in [0.15, 0.2) is 0 Å². The summed E-state index contributed by atoms with van der Waals surface area (Å²) in [7, 11) is 1.63. The molecule has 1 heterocycles. The van der Waals surface area contributed by atoms with Crippen molar-refractivity contribution in [2.45, 2.75) is 51.5 Å². The number of anilines is 1. The third-order valence-electron chi connectivity index (χ3n) is 5.88. The summed E-state index contributed by atoms with van der Waals surface area (Å²) in [6, 6.07) is 8.07. The van der Waals surface area contributed by atoms with E-state index in [0.717, 1.165) is 24.9 Å². The molecule has 1 aliphatic heterocycles. The van der Waals surface area contributed by atoms with Crippen LogP contribution in [-0.2, 0) is 20.8 Å². The molecule has 27 heavy (non-hydrogen) atoms. The molecule has 0 spiro atoms. The Hall–Kier alpha value is -2.37. The highest BCUT2D eigenvalue weighted by Gasteiger charge is 2.42. The van der Waals surface area contributed by atoms with Gasteiger partial charge in [-0.1, -0.05) is 31.0 Å². The number of rotatable bonds is 5. The molecule has 3 atom stereocenters. The van der Waals surface area contributed by atoms with E-state index in [1.807, 2.05) is 23.1 Å². The largest absolute Gasteiger partial charge is 0.481 e. The maximum Gasteiger partial charge on any atom is 0.305 e. The average Bonchev–Trinajstić information content (AvgIpc) is 3.00. The van der Waals surface area contributed by atoms with Gasteiger partial charge in [0, 0.05) is 31.2 Å². The van der Waals surface area contributed by atoms with E-state index < -0.39 is 5.97 Å². The molecule has 1 aromatic carbocycles. The van der Waals surface area contributed by atoms with Gasteiger partial charge in [0.05, 0.1) is 12.3 Å². The zero-order valence-corrected chi connectivity index (χ0v) is 16.1. The minimum absolute atomic E-state index is 0.0390. The van der Waals surface area contributed by atoms with E-state index in [2.05, 4.69) is 13.0 Å². The monoisotopic (exact) mass is 372 g/mol. The van der Waals surface area contributed by atoms with E-state index in [1.54, 1.807) is 7.05 Å². The number of aliphatic carboxylic acids is 1. The van der Waals surface area contributed by atoms with Gasteiger partial charge in [0.1, 0.15) is 0 Å². The Bertz CT molecular complexity index is 733. The Labute approximate surface area is 160 Å². The first-order valence-corrected chi connectivity index (χ1v) is 9.78. The van der Waals surface area contributed by atoms with Crippen LogP contribution in [0.2, 0.25) is 0 Å². The molecule has 2 amide bonds. The van der Waals surface area contributed by atoms with Crippen LogP contribution in [0.15, 0.2) is 24.3 Å². The van der Waals surface area contributed by atoms with Crippen molar-refractivity contribution in [1.29, 1.82) is 0 Å². The lowest BCUT2D eigenvalue weighted by Crippen LogP contribution is -2.47. The molecule has 146 valence electrons. The topological polar surface area (TPSA) is 77.9 Å². The molecule has 1 N–H and O–H groups in total. The van der Waals surface area contributed by atoms with Crippen LogP contribution in [0, 0.1) is 11.8 Å². The predicted octanol–water partition coefficient (Wildman–Crippen LogP) is 2.70. The van der Waals surface area contributed by atoms with Gasteiger partial charge < -0.3 is 14.9 Å². The number of carbonyl (C=O) groups excluding carboxylic acids is 2. The maximum absolute atomic E-state index is 13.4. The Morgan fingerprint density at radius 2 is 1.81 bits per heavy atom. The third kappa shape index (κ3) is 3.99. The van der Waals surface area contributed by atoms with Crippen molar-refractivity contribution in [2.24, 2.45) is 11.8 Å². The molecule has 2 aliphatic rings. The number of carbonyl (C=O) groups is 3. The number of fused-ring (bicyclic) bond motifs is 1. The average molecular weight is 372 g/mol. The Kier molecular flexibility index (Phi) is 5.82. The van der Waals surface area contributed by atoms with Crippen LogP contribution in [0.4, 0.5) is 5.69 Å². The van der Waals surface area contributed by atoms with E-state index in [9.17, 15) is 14.4 Å². The molecule has 0 bridgehead atoms. The van der Waals surface area contributed by atoms with Crippen LogP contribution in [0.3, 0.4) is 0 Å². The number of hydrogen-bond acceptors (Lipinski definition) is 3. The van der Waals surface area contributed by atoms with Crippen LogP contribution in [0.25, 0.3) is 0 Å². The van der Waals surface area contributed by atoms with Crippen molar-refractivity contribution in [3.05, 3.63) is 29.8 Å².